The highest BCUT2D eigenvalue weighted by Gasteiger charge is 2.34. The Bertz CT molecular complexity index is 1340. The van der Waals surface area contributed by atoms with Gasteiger partial charge in [-0.25, -0.2) is 4.98 Å². The van der Waals surface area contributed by atoms with E-state index in [9.17, 15) is 4.79 Å². The maximum Gasteiger partial charge on any atom is 0.226 e. The number of aryl methyl sites for hydroxylation is 1. The largest absolute Gasteiger partial charge is 0.494 e. The number of amides is 1. The van der Waals surface area contributed by atoms with Gasteiger partial charge in [-0.15, -0.1) is 0 Å². The molecule has 0 fully saturated rings. The lowest BCUT2D eigenvalue weighted by Gasteiger charge is -2.26. The van der Waals surface area contributed by atoms with E-state index in [-0.39, 0.29) is 17.9 Å². The van der Waals surface area contributed by atoms with Gasteiger partial charge in [-0.1, -0.05) is 29.5 Å². The Kier molecular flexibility index (Phi) is 5.54. The molecule has 0 unspecified atom stereocenters. The summed E-state index contributed by atoms with van der Waals surface area (Å²) in [5.41, 5.74) is 3.73. The van der Waals surface area contributed by atoms with Crippen LogP contribution in [0.15, 0.2) is 42.5 Å². The van der Waals surface area contributed by atoms with E-state index in [1.807, 2.05) is 70.2 Å². The second-order valence-electron chi connectivity index (χ2n) is 8.33. The molecule has 2 aromatic carbocycles. The molecule has 1 amide bonds. The van der Waals surface area contributed by atoms with Crippen molar-refractivity contribution in [2.24, 2.45) is 0 Å². The summed E-state index contributed by atoms with van der Waals surface area (Å²) < 4.78 is 14.5. The summed E-state index contributed by atoms with van der Waals surface area (Å²) in [5.74, 6) is 2.10. The molecule has 3 heterocycles. The van der Waals surface area contributed by atoms with Crippen molar-refractivity contribution in [3.05, 3.63) is 59.3 Å². The van der Waals surface area contributed by atoms with Gasteiger partial charge in [0.1, 0.15) is 17.3 Å². The zero-order valence-electron chi connectivity index (χ0n) is 19.1. The van der Waals surface area contributed by atoms with E-state index in [1.165, 1.54) is 11.3 Å². The van der Waals surface area contributed by atoms with E-state index in [2.05, 4.69) is 5.32 Å². The number of benzene rings is 2. The molecule has 1 aliphatic rings. The monoisotopic (exact) mass is 462 g/mol. The third-order valence-corrected chi connectivity index (χ3v) is 6.59. The van der Waals surface area contributed by atoms with Crippen molar-refractivity contribution in [1.82, 2.24) is 14.8 Å². The predicted octanol–water partition coefficient (Wildman–Crippen LogP) is 5.45. The first-order valence-corrected chi connectivity index (χ1v) is 11.9. The number of nitrogens with one attached hydrogen (secondary N) is 1. The van der Waals surface area contributed by atoms with Crippen LogP contribution in [0, 0.1) is 6.92 Å². The van der Waals surface area contributed by atoms with Gasteiger partial charge in [0, 0.05) is 23.5 Å². The molecule has 0 spiro atoms. The highest BCUT2D eigenvalue weighted by molar-refractivity contribution is 7.20. The van der Waals surface area contributed by atoms with Crippen LogP contribution in [0.2, 0.25) is 0 Å². The van der Waals surface area contributed by atoms with Crippen molar-refractivity contribution in [1.29, 1.82) is 0 Å². The fraction of sp³-hybridized carbons (Fsp3) is 0.320. The lowest BCUT2D eigenvalue weighted by Crippen LogP contribution is -2.25. The molecule has 8 heteroatoms. The number of para-hydroxylation sites is 1. The summed E-state index contributed by atoms with van der Waals surface area (Å²) in [7, 11) is 0. The van der Waals surface area contributed by atoms with Crippen LogP contribution >= 0.6 is 11.3 Å². The number of ether oxygens (including phenoxy) is 2. The first-order chi connectivity index (χ1) is 15.9. The van der Waals surface area contributed by atoms with E-state index >= 15 is 0 Å². The topological polar surface area (TPSA) is 78.3 Å². The standard InChI is InChI=1S/C25H26N4O3S/c1-5-31-16-10-11-19-21(12-16)33-25(26-19)29-24-23(15(4)28-29)18(13-22(30)27-24)17-8-6-7-9-20(17)32-14(2)3/h6-12,14,18H,5,13H2,1-4H3,(H,27,30)/t18-/m0/s1. The number of thiazole rings is 1. The van der Waals surface area contributed by atoms with Crippen LogP contribution in [0.1, 0.15) is 49.9 Å². The van der Waals surface area contributed by atoms with Crippen LogP contribution in [0.5, 0.6) is 11.5 Å². The highest BCUT2D eigenvalue weighted by atomic mass is 32.1. The van der Waals surface area contributed by atoms with Gasteiger partial charge < -0.3 is 14.8 Å². The van der Waals surface area contributed by atoms with Crippen molar-refractivity contribution in [3.8, 4) is 16.6 Å². The first-order valence-electron chi connectivity index (χ1n) is 11.1. The number of rotatable bonds is 6. The van der Waals surface area contributed by atoms with Crippen LogP contribution in [-0.2, 0) is 4.79 Å². The quantitative estimate of drug-likeness (QED) is 0.412. The molecule has 0 bridgehead atoms. The summed E-state index contributed by atoms with van der Waals surface area (Å²) in [6, 6.07) is 13.8. The van der Waals surface area contributed by atoms with E-state index < -0.39 is 0 Å². The Labute approximate surface area is 196 Å². The number of hydrogen-bond acceptors (Lipinski definition) is 6. The van der Waals surface area contributed by atoms with Gasteiger partial charge >= 0.3 is 0 Å². The maximum absolute atomic E-state index is 12.8. The molecule has 170 valence electrons. The van der Waals surface area contributed by atoms with Crippen LogP contribution in [-0.4, -0.2) is 33.4 Å². The number of nitrogens with zero attached hydrogens (tertiary/aromatic N) is 3. The van der Waals surface area contributed by atoms with Gasteiger partial charge in [-0.3, -0.25) is 4.79 Å². The average Bonchev–Trinajstić information content (AvgIpc) is 3.34. The van der Waals surface area contributed by atoms with Crippen LogP contribution in [0.25, 0.3) is 15.3 Å². The molecule has 5 rings (SSSR count). The van der Waals surface area contributed by atoms with E-state index in [4.69, 9.17) is 19.6 Å². The lowest BCUT2D eigenvalue weighted by molar-refractivity contribution is -0.116. The minimum atomic E-state index is -0.142. The van der Waals surface area contributed by atoms with Crippen LogP contribution in [0.3, 0.4) is 0 Å². The molecule has 33 heavy (non-hydrogen) atoms. The van der Waals surface area contributed by atoms with Crippen molar-refractivity contribution < 1.29 is 14.3 Å². The van der Waals surface area contributed by atoms with Crippen molar-refractivity contribution in [3.63, 3.8) is 0 Å². The normalized spacial score (nSPS) is 15.5. The van der Waals surface area contributed by atoms with E-state index in [1.54, 1.807) is 4.68 Å². The molecule has 0 radical (unpaired) electrons. The molecule has 2 aromatic heterocycles. The van der Waals surface area contributed by atoms with Gasteiger partial charge in [-0.2, -0.15) is 9.78 Å². The van der Waals surface area contributed by atoms with Crippen LogP contribution < -0.4 is 14.8 Å². The molecular weight excluding hydrogens is 436 g/mol. The lowest BCUT2D eigenvalue weighted by atomic mass is 9.85. The molecule has 1 aliphatic heterocycles. The van der Waals surface area contributed by atoms with Gasteiger partial charge in [0.15, 0.2) is 0 Å². The number of carbonyl (C=O) groups excluding carboxylic acids is 1. The number of carbonyl (C=O) groups is 1. The van der Waals surface area contributed by atoms with E-state index in [0.29, 0.717) is 24.0 Å². The van der Waals surface area contributed by atoms with Crippen LogP contribution in [0.4, 0.5) is 5.82 Å². The first kappa shape index (κ1) is 21.5. The van der Waals surface area contributed by atoms with Gasteiger partial charge in [0.25, 0.3) is 0 Å². The summed E-state index contributed by atoms with van der Waals surface area (Å²) in [6.45, 7) is 8.56. The Balaban J connectivity index is 1.61. The second-order valence-corrected chi connectivity index (χ2v) is 9.34. The molecule has 1 N–H and O–H groups in total. The maximum atomic E-state index is 12.8. The predicted molar refractivity (Wildman–Crippen MR) is 130 cm³/mol. The Hall–Kier alpha value is -3.39. The minimum absolute atomic E-state index is 0.0381. The SMILES string of the molecule is CCOc1ccc2nc(-n3nc(C)c4c3NC(=O)C[C@H]4c3ccccc3OC(C)C)sc2c1. The number of hydrogen-bond donors (Lipinski definition) is 1. The Morgan fingerprint density at radius 1 is 1.24 bits per heavy atom. The molecule has 7 nitrogen and oxygen atoms in total. The fourth-order valence-corrected chi connectivity index (χ4v) is 5.27. The molecule has 0 saturated heterocycles. The van der Waals surface area contributed by atoms with Gasteiger partial charge in [-0.05, 0) is 52.0 Å². The highest BCUT2D eigenvalue weighted by Crippen LogP contribution is 2.44. The third-order valence-electron chi connectivity index (χ3n) is 5.60. The molecule has 0 saturated carbocycles. The Morgan fingerprint density at radius 2 is 2.06 bits per heavy atom. The summed E-state index contributed by atoms with van der Waals surface area (Å²) >= 11 is 1.52. The van der Waals surface area contributed by atoms with Gasteiger partial charge in [0.05, 0.1) is 28.6 Å². The number of anilines is 1. The fourth-order valence-electron chi connectivity index (χ4n) is 4.32. The minimum Gasteiger partial charge on any atom is -0.494 e. The summed E-state index contributed by atoms with van der Waals surface area (Å²) in [5, 5.41) is 8.55. The van der Waals surface area contributed by atoms with Crippen molar-refractivity contribution in [2.45, 2.75) is 46.1 Å². The Morgan fingerprint density at radius 3 is 2.85 bits per heavy atom. The molecular formula is C25H26N4O3S. The summed E-state index contributed by atoms with van der Waals surface area (Å²) in [4.78, 5) is 17.6. The smallest absolute Gasteiger partial charge is 0.226 e. The number of aromatic nitrogens is 3. The van der Waals surface area contributed by atoms with E-state index in [0.717, 1.165) is 38.5 Å². The van der Waals surface area contributed by atoms with Crippen molar-refractivity contribution >= 4 is 33.3 Å². The zero-order chi connectivity index (χ0) is 23.1. The second kappa shape index (κ2) is 8.51. The number of fused-ring (bicyclic) bond motifs is 2. The zero-order valence-corrected chi connectivity index (χ0v) is 19.9. The average molecular weight is 463 g/mol. The molecule has 1 atom stereocenters. The van der Waals surface area contributed by atoms with Crippen molar-refractivity contribution in [2.75, 3.05) is 11.9 Å². The third kappa shape index (κ3) is 3.95. The summed E-state index contributed by atoms with van der Waals surface area (Å²) in [6.07, 6.45) is 0.381. The molecule has 0 aliphatic carbocycles. The van der Waals surface area contributed by atoms with Gasteiger partial charge in [0.2, 0.25) is 11.0 Å². The molecule has 4 aromatic rings.